The van der Waals surface area contributed by atoms with Crippen molar-refractivity contribution in [3.05, 3.63) is 42.4 Å². The van der Waals surface area contributed by atoms with E-state index in [1.54, 1.807) is 30.5 Å². The van der Waals surface area contributed by atoms with E-state index in [9.17, 15) is 9.59 Å². The molecule has 1 heterocycles. The molecule has 22 heavy (non-hydrogen) atoms. The molecule has 0 saturated heterocycles. The van der Waals surface area contributed by atoms with E-state index in [-0.39, 0.29) is 18.5 Å². The Morgan fingerprint density at radius 2 is 2.00 bits per heavy atom. The maximum atomic E-state index is 12.5. The molecule has 6 heteroatoms. The Balaban J connectivity index is 2.21. The van der Waals surface area contributed by atoms with Gasteiger partial charge in [0, 0.05) is 17.2 Å². The molecule has 116 valence electrons. The zero-order valence-electron chi connectivity index (χ0n) is 12.5. The summed E-state index contributed by atoms with van der Waals surface area (Å²) in [6.07, 6.45) is 3.62. The molecule has 0 radical (unpaired) electrons. The lowest BCUT2D eigenvalue weighted by atomic mass is 10.1. The van der Waals surface area contributed by atoms with Crippen molar-refractivity contribution in [2.45, 2.75) is 26.3 Å². The van der Waals surface area contributed by atoms with Gasteiger partial charge in [-0.15, -0.1) is 0 Å². The second-order valence-electron chi connectivity index (χ2n) is 5.03. The molecule has 2 aromatic rings. The monoisotopic (exact) mass is 302 g/mol. The zero-order valence-corrected chi connectivity index (χ0v) is 12.5. The molecule has 1 amide bonds. The average molecular weight is 302 g/mol. The molecule has 6 nitrogen and oxygen atoms in total. The number of hydrogen-bond donors (Lipinski definition) is 1. The summed E-state index contributed by atoms with van der Waals surface area (Å²) in [6.45, 7) is 3.45. The van der Waals surface area contributed by atoms with Gasteiger partial charge in [-0.2, -0.15) is 0 Å². The molecule has 0 bridgehead atoms. The number of oxazole rings is 1. The van der Waals surface area contributed by atoms with Gasteiger partial charge in [0.2, 0.25) is 0 Å². The van der Waals surface area contributed by atoms with Gasteiger partial charge in [-0.3, -0.25) is 9.59 Å². The maximum absolute atomic E-state index is 12.5. The molecule has 0 aliphatic carbocycles. The molecule has 1 unspecified atom stereocenters. The van der Waals surface area contributed by atoms with Crippen LogP contribution in [0, 0.1) is 0 Å². The topological polar surface area (TPSA) is 83.6 Å². The largest absolute Gasteiger partial charge is 0.480 e. The number of nitrogens with zero attached hydrogens (tertiary/aromatic N) is 2. The molecule has 1 N–H and O–H groups in total. The highest BCUT2D eigenvalue weighted by Crippen LogP contribution is 2.20. The number of aliphatic carboxylic acids is 1. The van der Waals surface area contributed by atoms with Crippen LogP contribution in [-0.4, -0.2) is 39.5 Å². The third-order valence-corrected chi connectivity index (χ3v) is 3.54. The lowest BCUT2D eigenvalue weighted by Crippen LogP contribution is -2.41. The van der Waals surface area contributed by atoms with Crippen molar-refractivity contribution in [1.29, 1.82) is 0 Å². The van der Waals surface area contributed by atoms with Crippen molar-refractivity contribution < 1.29 is 19.1 Å². The van der Waals surface area contributed by atoms with Crippen LogP contribution in [0.3, 0.4) is 0 Å². The normalized spacial score (nSPS) is 11.9. The smallest absolute Gasteiger partial charge is 0.323 e. The molecule has 0 aliphatic rings. The molecular formula is C16H18N2O4. The summed E-state index contributed by atoms with van der Waals surface area (Å²) in [5.41, 5.74) is 1.26. The molecule has 1 aromatic heterocycles. The summed E-state index contributed by atoms with van der Waals surface area (Å²) >= 11 is 0. The van der Waals surface area contributed by atoms with Gasteiger partial charge in [-0.05, 0) is 25.5 Å². The van der Waals surface area contributed by atoms with Gasteiger partial charge in [0.25, 0.3) is 5.91 Å². The lowest BCUT2D eigenvalue weighted by Gasteiger charge is -2.27. The fourth-order valence-corrected chi connectivity index (χ4v) is 2.10. The fraction of sp³-hybridized carbons (Fsp3) is 0.312. The molecule has 0 saturated carbocycles. The molecule has 0 aliphatic heterocycles. The number of carbonyl (C=O) groups is 2. The highest BCUT2D eigenvalue weighted by Gasteiger charge is 2.22. The van der Waals surface area contributed by atoms with Gasteiger partial charge in [0.05, 0.1) is 6.20 Å². The number of rotatable bonds is 6. The first-order valence-electron chi connectivity index (χ1n) is 7.04. The third-order valence-electron chi connectivity index (χ3n) is 3.54. The van der Waals surface area contributed by atoms with Crippen LogP contribution >= 0.6 is 0 Å². The standard InChI is InChI=1S/C16H18N2O4/c1-3-11(2)18(9-15(19)20)16(21)13-6-4-12(5-7-13)14-8-17-10-22-14/h4-8,10-11H,3,9H2,1-2H3,(H,19,20). The number of hydrogen-bond acceptors (Lipinski definition) is 4. The highest BCUT2D eigenvalue weighted by atomic mass is 16.4. The van der Waals surface area contributed by atoms with Crippen LogP contribution in [0.15, 0.2) is 41.3 Å². The average Bonchev–Trinajstić information content (AvgIpc) is 3.05. The number of carbonyl (C=O) groups excluding carboxylic acids is 1. The number of carboxylic acid groups (broad SMARTS) is 1. The van der Waals surface area contributed by atoms with Crippen molar-refractivity contribution >= 4 is 11.9 Å². The number of aromatic nitrogens is 1. The van der Waals surface area contributed by atoms with E-state index < -0.39 is 5.97 Å². The van der Waals surface area contributed by atoms with Crippen LogP contribution in [0.1, 0.15) is 30.6 Å². The van der Waals surface area contributed by atoms with E-state index in [0.29, 0.717) is 17.7 Å². The minimum absolute atomic E-state index is 0.141. The first-order valence-corrected chi connectivity index (χ1v) is 7.04. The van der Waals surface area contributed by atoms with E-state index in [2.05, 4.69) is 4.98 Å². The first kappa shape index (κ1) is 15.8. The first-order chi connectivity index (χ1) is 10.5. The summed E-state index contributed by atoms with van der Waals surface area (Å²) in [4.78, 5) is 28.7. The van der Waals surface area contributed by atoms with Gasteiger partial charge in [-0.1, -0.05) is 19.1 Å². The van der Waals surface area contributed by atoms with E-state index in [1.807, 2.05) is 13.8 Å². The molecular weight excluding hydrogens is 284 g/mol. The molecule has 0 spiro atoms. The second kappa shape index (κ2) is 6.89. The number of benzene rings is 1. The number of carboxylic acids is 1. The van der Waals surface area contributed by atoms with Crippen LogP contribution in [0.25, 0.3) is 11.3 Å². The van der Waals surface area contributed by atoms with E-state index in [1.165, 1.54) is 11.3 Å². The minimum atomic E-state index is -1.02. The summed E-state index contributed by atoms with van der Waals surface area (Å²) in [5, 5.41) is 8.98. The molecule has 0 fully saturated rings. The van der Waals surface area contributed by atoms with E-state index in [4.69, 9.17) is 9.52 Å². The quantitative estimate of drug-likeness (QED) is 0.887. The van der Waals surface area contributed by atoms with Gasteiger partial charge in [0.15, 0.2) is 12.2 Å². The predicted octanol–water partition coefficient (Wildman–Crippen LogP) is 2.67. The Morgan fingerprint density at radius 3 is 2.50 bits per heavy atom. The Hall–Kier alpha value is -2.63. The van der Waals surface area contributed by atoms with Crippen molar-refractivity contribution in [3.63, 3.8) is 0 Å². The Kier molecular flexibility index (Phi) is 4.93. The van der Waals surface area contributed by atoms with Crippen LogP contribution < -0.4 is 0 Å². The highest BCUT2D eigenvalue weighted by molar-refractivity contribution is 5.96. The van der Waals surface area contributed by atoms with Gasteiger partial charge in [0.1, 0.15) is 6.54 Å². The second-order valence-corrected chi connectivity index (χ2v) is 5.03. The van der Waals surface area contributed by atoms with E-state index in [0.717, 1.165) is 5.56 Å². The maximum Gasteiger partial charge on any atom is 0.323 e. The van der Waals surface area contributed by atoms with E-state index >= 15 is 0 Å². The van der Waals surface area contributed by atoms with Crippen molar-refractivity contribution in [2.75, 3.05) is 6.54 Å². The van der Waals surface area contributed by atoms with Crippen molar-refractivity contribution in [2.24, 2.45) is 0 Å². The minimum Gasteiger partial charge on any atom is -0.480 e. The summed E-state index contributed by atoms with van der Waals surface area (Å²) in [5.74, 6) is -0.698. The Labute approximate surface area is 128 Å². The summed E-state index contributed by atoms with van der Waals surface area (Å²) in [7, 11) is 0. The van der Waals surface area contributed by atoms with Gasteiger partial charge in [-0.25, -0.2) is 4.98 Å². The Bertz CT molecular complexity index is 635. The van der Waals surface area contributed by atoms with Crippen molar-refractivity contribution in [3.8, 4) is 11.3 Å². The predicted molar refractivity (Wildman–Crippen MR) is 80.4 cm³/mol. The summed E-state index contributed by atoms with van der Waals surface area (Å²) < 4.78 is 5.19. The van der Waals surface area contributed by atoms with Crippen LogP contribution in [0.2, 0.25) is 0 Å². The molecule has 1 aromatic carbocycles. The third kappa shape index (κ3) is 3.52. The van der Waals surface area contributed by atoms with Crippen LogP contribution in [-0.2, 0) is 4.79 Å². The fourth-order valence-electron chi connectivity index (χ4n) is 2.10. The molecule has 2 rings (SSSR count). The van der Waals surface area contributed by atoms with Gasteiger partial charge >= 0.3 is 5.97 Å². The lowest BCUT2D eigenvalue weighted by molar-refractivity contribution is -0.138. The summed E-state index contributed by atoms with van der Waals surface area (Å²) in [6, 6.07) is 6.69. The molecule has 1 atom stereocenters. The Morgan fingerprint density at radius 1 is 1.32 bits per heavy atom. The van der Waals surface area contributed by atoms with Crippen LogP contribution in [0.4, 0.5) is 0 Å². The number of amides is 1. The SMILES string of the molecule is CCC(C)N(CC(=O)O)C(=O)c1ccc(-c2cnco2)cc1. The van der Waals surface area contributed by atoms with Crippen molar-refractivity contribution in [1.82, 2.24) is 9.88 Å². The zero-order chi connectivity index (χ0) is 16.1. The van der Waals surface area contributed by atoms with Gasteiger partial charge < -0.3 is 14.4 Å². The van der Waals surface area contributed by atoms with Crippen LogP contribution in [0.5, 0.6) is 0 Å².